The molecule has 12 nitrogen and oxygen atoms in total. The number of amides is 2. The number of anilines is 1. The summed E-state index contributed by atoms with van der Waals surface area (Å²) in [6.07, 6.45) is -4.48. The van der Waals surface area contributed by atoms with Gasteiger partial charge in [-0.05, 0) is 79.7 Å². The fourth-order valence-electron chi connectivity index (χ4n) is 5.71. The van der Waals surface area contributed by atoms with E-state index in [2.05, 4.69) is 48.9 Å². The molecule has 0 saturated carbocycles. The highest BCUT2D eigenvalue weighted by molar-refractivity contribution is 7.89. The number of carbonyl (C=O) groups is 3. The Hall–Kier alpha value is -3.80. The second kappa shape index (κ2) is 15.7. The van der Waals surface area contributed by atoms with Gasteiger partial charge in [-0.3, -0.25) is 19.4 Å². The number of hydrogen-bond acceptors (Lipinski definition) is 9. The summed E-state index contributed by atoms with van der Waals surface area (Å²) in [5.41, 5.74) is 1.11. The van der Waals surface area contributed by atoms with Crippen LogP contribution in [-0.2, 0) is 40.0 Å². The lowest BCUT2D eigenvalue weighted by Crippen LogP contribution is -2.50. The molecule has 0 unspecified atom stereocenters. The SMILES string of the molecule is CC(=O)OCC(=O)N(CCO[Si](C)(C)C(C)(C)C)c1ccc(CCS(=O)(=O)N2CCC3(CC2)N=C(c2cccc(OC(F)(F)F)c2)NC3=O)c(C)c1. The summed E-state index contributed by atoms with van der Waals surface area (Å²) >= 11 is 0. The maximum atomic E-state index is 13.4. The molecule has 286 valence electrons. The molecule has 2 aromatic rings. The zero-order chi connectivity index (χ0) is 38.7. The molecule has 2 amide bonds. The Morgan fingerprint density at radius 2 is 1.75 bits per heavy atom. The molecule has 0 atom stereocenters. The van der Waals surface area contributed by atoms with Crippen molar-refractivity contribution in [3.8, 4) is 5.75 Å². The molecule has 2 heterocycles. The fraction of sp³-hybridized carbons (Fsp3) is 0.543. The number of aryl methyl sites for hydroxylation is 2. The van der Waals surface area contributed by atoms with Crippen molar-refractivity contribution in [1.82, 2.24) is 9.62 Å². The number of amidine groups is 1. The van der Waals surface area contributed by atoms with Crippen molar-refractivity contribution >= 4 is 47.6 Å². The van der Waals surface area contributed by atoms with E-state index in [1.54, 1.807) is 18.2 Å². The Balaban J connectivity index is 1.40. The number of aliphatic imine (C=N–C) groups is 1. The molecule has 1 saturated heterocycles. The maximum Gasteiger partial charge on any atom is 0.573 e. The topological polar surface area (TPSA) is 144 Å². The van der Waals surface area contributed by atoms with Gasteiger partial charge in [-0.2, -0.15) is 0 Å². The Kier molecular flexibility index (Phi) is 12.3. The van der Waals surface area contributed by atoms with Gasteiger partial charge in [-0.25, -0.2) is 12.7 Å². The number of ether oxygens (including phenoxy) is 2. The molecule has 0 aliphatic carbocycles. The number of carbonyl (C=O) groups excluding carboxylic acids is 3. The van der Waals surface area contributed by atoms with Crippen LogP contribution in [0, 0.1) is 6.92 Å². The average Bonchev–Trinajstić information content (AvgIpc) is 3.35. The first-order valence-corrected chi connectivity index (χ1v) is 21.5. The van der Waals surface area contributed by atoms with Crippen LogP contribution < -0.4 is 15.0 Å². The van der Waals surface area contributed by atoms with E-state index in [0.29, 0.717) is 5.69 Å². The quantitative estimate of drug-likeness (QED) is 0.219. The van der Waals surface area contributed by atoms with E-state index in [4.69, 9.17) is 9.16 Å². The molecule has 17 heteroatoms. The molecule has 1 N–H and O–H groups in total. The molecule has 1 fully saturated rings. The van der Waals surface area contributed by atoms with Gasteiger partial charge in [0.15, 0.2) is 14.9 Å². The van der Waals surface area contributed by atoms with Crippen LogP contribution in [0.25, 0.3) is 0 Å². The van der Waals surface area contributed by atoms with Crippen molar-refractivity contribution in [2.45, 2.75) is 83.9 Å². The van der Waals surface area contributed by atoms with Crippen LogP contribution in [0.3, 0.4) is 0 Å². The van der Waals surface area contributed by atoms with Crippen molar-refractivity contribution < 1.29 is 49.9 Å². The van der Waals surface area contributed by atoms with E-state index >= 15 is 0 Å². The zero-order valence-electron chi connectivity index (χ0n) is 30.6. The lowest BCUT2D eigenvalue weighted by atomic mass is 9.89. The minimum atomic E-state index is -4.88. The Labute approximate surface area is 303 Å². The number of hydrogen-bond donors (Lipinski definition) is 1. The van der Waals surface area contributed by atoms with Crippen LogP contribution in [0.1, 0.15) is 57.2 Å². The molecule has 52 heavy (non-hydrogen) atoms. The van der Waals surface area contributed by atoms with Crippen molar-refractivity contribution in [2.75, 3.05) is 43.5 Å². The molecule has 0 radical (unpaired) electrons. The third-order valence-electron chi connectivity index (χ3n) is 9.82. The van der Waals surface area contributed by atoms with Gasteiger partial charge in [0.2, 0.25) is 10.0 Å². The first-order chi connectivity index (χ1) is 24.0. The summed E-state index contributed by atoms with van der Waals surface area (Å²) < 4.78 is 81.6. The number of sulfonamides is 1. The van der Waals surface area contributed by atoms with E-state index in [1.165, 1.54) is 28.3 Å². The first-order valence-electron chi connectivity index (χ1n) is 16.9. The van der Waals surface area contributed by atoms with Crippen molar-refractivity contribution in [1.29, 1.82) is 0 Å². The second-order valence-electron chi connectivity index (χ2n) is 14.5. The number of benzene rings is 2. The largest absolute Gasteiger partial charge is 0.573 e. The van der Waals surface area contributed by atoms with Gasteiger partial charge in [0, 0.05) is 37.8 Å². The monoisotopic (exact) mass is 768 g/mol. The predicted molar refractivity (Wildman–Crippen MR) is 192 cm³/mol. The highest BCUT2D eigenvalue weighted by Gasteiger charge is 2.47. The lowest BCUT2D eigenvalue weighted by molar-refractivity contribution is -0.274. The summed E-state index contributed by atoms with van der Waals surface area (Å²) in [6.45, 7) is 13.8. The molecular weight excluding hydrogens is 722 g/mol. The zero-order valence-corrected chi connectivity index (χ0v) is 32.4. The number of nitrogens with zero attached hydrogens (tertiary/aromatic N) is 3. The Bertz CT molecular complexity index is 1800. The molecule has 2 aliphatic heterocycles. The van der Waals surface area contributed by atoms with Crippen LogP contribution in [0.2, 0.25) is 18.1 Å². The number of esters is 1. The molecule has 2 aromatic carbocycles. The van der Waals surface area contributed by atoms with Crippen LogP contribution in [0.15, 0.2) is 47.5 Å². The summed E-state index contributed by atoms with van der Waals surface area (Å²) in [4.78, 5) is 43.6. The summed E-state index contributed by atoms with van der Waals surface area (Å²) in [5.74, 6) is -1.97. The van der Waals surface area contributed by atoms with Crippen LogP contribution in [0.5, 0.6) is 5.75 Å². The predicted octanol–water partition coefficient (Wildman–Crippen LogP) is 5.10. The maximum absolute atomic E-state index is 13.4. The van der Waals surface area contributed by atoms with Crippen LogP contribution in [-0.4, -0.2) is 95.2 Å². The van der Waals surface area contributed by atoms with Crippen LogP contribution in [0.4, 0.5) is 18.9 Å². The molecule has 1 spiro atoms. The summed E-state index contributed by atoms with van der Waals surface area (Å²) in [7, 11) is -5.83. The Morgan fingerprint density at radius 1 is 1.08 bits per heavy atom. The molecular formula is C35H47F3N4O8SSi. The standard InChI is InChI=1S/C35H47F3N4O8SSi/c1-24-21-28(42(30(44)23-48-25(2)43)18-19-49-52(6,7)33(3,4)5)12-11-26(24)13-20-51(46,47)41-16-14-34(15-17-41)32(45)39-31(40-34)27-9-8-10-29(22-27)50-35(36,37)38/h8-12,21-22H,13-20,23H2,1-7H3,(H,39,40,45). The third-order valence-corrected chi connectivity index (χ3v) is 16.2. The lowest BCUT2D eigenvalue weighted by Gasteiger charge is -2.37. The van der Waals surface area contributed by atoms with Gasteiger partial charge >= 0.3 is 12.3 Å². The van der Waals surface area contributed by atoms with Crippen molar-refractivity contribution in [2.24, 2.45) is 4.99 Å². The number of piperidine rings is 1. The normalized spacial score (nSPS) is 16.7. The summed E-state index contributed by atoms with van der Waals surface area (Å²) in [6, 6.07) is 10.4. The highest BCUT2D eigenvalue weighted by atomic mass is 32.2. The molecule has 0 aromatic heterocycles. The fourth-order valence-corrected chi connectivity index (χ4v) is 8.22. The Morgan fingerprint density at radius 3 is 2.35 bits per heavy atom. The number of halogens is 3. The van der Waals surface area contributed by atoms with Crippen molar-refractivity contribution in [3.05, 3.63) is 59.2 Å². The molecule has 0 bridgehead atoms. The number of alkyl halides is 3. The van der Waals surface area contributed by atoms with Crippen molar-refractivity contribution in [3.63, 3.8) is 0 Å². The van der Waals surface area contributed by atoms with Gasteiger partial charge < -0.3 is 24.1 Å². The van der Waals surface area contributed by atoms with E-state index in [0.717, 1.165) is 23.3 Å². The molecule has 2 aliphatic rings. The first kappa shape index (κ1) is 41.0. The minimum Gasteiger partial charge on any atom is -0.456 e. The summed E-state index contributed by atoms with van der Waals surface area (Å²) in [5, 5.41) is 2.61. The van der Waals surface area contributed by atoms with E-state index < -0.39 is 60.4 Å². The molecule has 4 rings (SSSR count). The van der Waals surface area contributed by atoms with Gasteiger partial charge in [0.1, 0.15) is 17.1 Å². The van der Waals surface area contributed by atoms with Crippen LogP contribution >= 0.6 is 0 Å². The van der Waals surface area contributed by atoms with Gasteiger partial charge in [-0.1, -0.05) is 39.0 Å². The van der Waals surface area contributed by atoms with Gasteiger partial charge in [0.25, 0.3) is 11.8 Å². The smallest absolute Gasteiger partial charge is 0.456 e. The van der Waals surface area contributed by atoms with Gasteiger partial charge in [-0.15, -0.1) is 13.2 Å². The highest BCUT2D eigenvalue weighted by Crippen LogP contribution is 2.37. The third kappa shape index (κ3) is 10.2. The van der Waals surface area contributed by atoms with E-state index in [-0.39, 0.29) is 67.7 Å². The van der Waals surface area contributed by atoms with Gasteiger partial charge in [0.05, 0.1) is 12.4 Å². The number of rotatable bonds is 13. The van der Waals surface area contributed by atoms with E-state index in [1.807, 2.05) is 6.92 Å². The second-order valence-corrected chi connectivity index (χ2v) is 21.4. The average molecular weight is 769 g/mol. The minimum absolute atomic E-state index is 0.0233. The van der Waals surface area contributed by atoms with E-state index in [9.17, 15) is 36.0 Å². The number of nitrogens with one attached hydrogen (secondary N) is 1.